The van der Waals surface area contributed by atoms with Gasteiger partial charge in [0.2, 0.25) is 0 Å². The lowest BCUT2D eigenvalue weighted by atomic mass is 10.0. The summed E-state index contributed by atoms with van der Waals surface area (Å²) in [5.41, 5.74) is 3.91. The van der Waals surface area contributed by atoms with Crippen LogP contribution in [0.3, 0.4) is 0 Å². The first kappa shape index (κ1) is 16.6. The summed E-state index contributed by atoms with van der Waals surface area (Å²) in [6.07, 6.45) is 0.693. The molecule has 3 heterocycles. The van der Waals surface area contributed by atoms with Crippen molar-refractivity contribution in [3.8, 4) is 11.3 Å². The van der Waals surface area contributed by atoms with Gasteiger partial charge in [0.25, 0.3) is 5.91 Å². The lowest BCUT2D eigenvalue weighted by Crippen LogP contribution is -2.36. The fourth-order valence-corrected chi connectivity index (χ4v) is 3.29. The van der Waals surface area contributed by atoms with E-state index in [0.29, 0.717) is 30.8 Å². The second-order valence-electron chi connectivity index (χ2n) is 6.99. The predicted molar refractivity (Wildman–Crippen MR) is 97.8 cm³/mol. The molecule has 0 saturated heterocycles. The van der Waals surface area contributed by atoms with Crippen molar-refractivity contribution >= 4 is 5.91 Å². The molecule has 6 nitrogen and oxygen atoms in total. The minimum absolute atomic E-state index is 0.0187. The van der Waals surface area contributed by atoms with Crippen LogP contribution in [0, 0.1) is 6.92 Å². The van der Waals surface area contributed by atoms with Gasteiger partial charge in [-0.25, -0.2) is 4.98 Å². The SMILES string of the molecule is Cc1[nH]nc(-c2ccccc2)c1C(=O)N1CCc2oc(C(C)C)nc2C1. The molecule has 1 amide bonds. The summed E-state index contributed by atoms with van der Waals surface area (Å²) < 4.78 is 5.84. The number of fused-ring (bicyclic) bond motifs is 1. The molecule has 4 rings (SSSR count). The van der Waals surface area contributed by atoms with Crippen molar-refractivity contribution in [2.45, 2.75) is 39.7 Å². The molecule has 0 fully saturated rings. The summed E-state index contributed by atoms with van der Waals surface area (Å²) in [6, 6.07) is 9.78. The average molecular weight is 350 g/mol. The van der Waals surface area contributed by atoms with Gasteiger partial charge in [-0.05, 0) is 6.92 Å². The van der Waals surface area contributed by atoms with Crippen LogP contribution in [0.25, 0.3) is 11.3 Å². The zero-order valence-corrected chi connectivity index (χ0v) is 15.2. The minimum atomic E-state index is -0.0187. The van der Waals surface area contributed by atoms with E-state index in [1.54, 1.807) is 0 Å². The van der Waals surface area contributed by atoms with Gasteiger partial charge in [-0.3, -0.25) is 9.89 Å². The minimum Gasteiger partial charge on any atom is -0.445 e. The molecule has 1 aromatic carbocycles. The van der Waals surface area contributed by atoms with Crippen LogP contribution < -0.4 is 0 Å². The first-order valence-corrected chi connectivity index (χ1v) is 8.92. The Morgan fingerprint density at radius 1 is 1.27 bits per heavy atom. The molecule has 0 atom stereocenters. The first-order valence-electron chi connectivity index (χ1n) is 8.92. The number of hydrogen-bond donors (Lipinski definition) is 1. The van der Waals surface area contributed by atoms with Crippen LogP contribution in [0.2, 0.25) is 0 Å². The monoisotopic (exact) mass is 350 g/mol. The predicted octanol–water partition coefficient (Wildman–Crippen LogP) is 3.70. The number of oxazole rings is 1. The fourth-order valence-electron chi connectivity index (χ4n) is 3.29. The summed E-state index contributed by atoms with van der Waals surface area (Å²) in [7, 11) is 0. The van der Waals surface area contributed by atoms with Crippen molar-refractivity contribution in [2.24, 2.45) is 0 Å². The van der Waals surface area contributed by atoms with Crippen molar-refractivity contribution in [1.82, 2.24) is 20.1 Å². The van der Waals surface area contributed by atoms with Crippen LogP contribution in [0.1, 0.15) is 53.2 Å². The van der Waals surface area contributed by atoms with Crippen LogP contribution in [-0.2, 0) is 13.0 Å². The van der Waals surface area contributed by atoms with E-state index in [4.69, 9.17) is 4.42 Å². The van der Waals surface area contributed by atoms with E-state index in [2.05, 4.69) is 29.0 Å². The van der Waals surface area contributed by atoms with Crippen LogP contribution in [0.4, 0.5) is 0 Å². The second-order valence-corrected chi connectivity index (χ2v) is 6.99. The van der Waals surface area contributed by atoms with Crippen molar-refractivity contribution in [3.05, 3.63) is 58.9 Å². The van der Waals surface area contributed by atoms with Crippen molar-refractivity contribution in [3.63, 3.8) is 0 Å². The number of benzene rings is 1. The van der Waals surface area contributed by atoms with Gasteiger partial charge < -0.3 is 9.32 Å². The topological polar surface area (TPSA) is 75.0 Å². The molecule has 0 aliphatic carbocycles. The number of hydrogen-bond acceptors (Lipinski definition) is 4. The zero-order valence-electron chi connectivity index (χ0n) is 15.2. The van der Waals surface area contributed by atoms with Gasteiger partial charge in [0.1, 0.15) is 17.1 Å². The summed E-state index contributed by atoms with van der Waals surface area (Å²) in [4.78, 5) is 19.6. The maximum atomic E-state index is 13.2. The normalized spacial score (nSPS) is 13.9. The third kappa shape index (κ3) is 2.81. The molecule has 0 bridgehead atoms. The number of aryl methyl sites for hydroxylation is 1. The van der Waals surface area contributed by atoms with E-state index >= 15 is 0 Å². The highest BCUT2D eigenvalue weighted by Gasteiger charge is 2.30. The van der Waals surface area contributed by atoms with Gasteiger partial charge >= 0.3 is 0 Å². The molecular weight excluding hydrogens is 328 g/mol. The smallest absolute Gasteiger partial charge is 0.258 e. The number of carbonyl (C=O) groups is 1. The highest BCUT2D eigenvalue weighted by molar-refractivity contribution is 6.01. The van der Waals surface area contributed by atoms with E-state index in [-0.39, 0.29) is 11.8 Å². The number of amides is 1. The highest BCUT2D eigenvalue weighted by Crippen LogP contribution is 2.28. The standard InChI is InChI=1S/C20H22N4O2/c1-12(2)19-21-15-11-24(10-9-16(15)26-19)20(25)17-13(3)22-23-18(17)14-7-5-4-6-8-14/h4-8,12H,9-11H2,1-3H3,(H,22,23). The maximum Gasteiger partial charge on any atom is 0.258 e. The summed E-state index contributed by atoms with van der Waals surface area (Å²) >= 11 is 0. The molecule has 0 radical (unpaired) electrons. The van der Waals surface area contributed by atoms with Gasteiger partial charge in [0.15, 0.2) is 5.89 Å². The molecule has 26 heavy (non-hydrogen) atoms. The molecule has 0 saturated carbocycles. The van der Waals surface area contributed by atoms with E-state index in [1.807, 2.05) is 42.2 Å². The maximum absolute atomic E-state index is 13.2. The largest absolute Gasteiger partial charge is 0.445 e. The molecule has 1 N–H and O–H groups in total. The van der Waals surface area contributed by atoms with Gasteiger partial charge in [0, 0.05) is 30.1 Å². The molecule has 134 valence electrons. The molecule has 2 aromatic heterocycles. The van der Waals surface area contributed by atoms with E-state index < -0.39 is 0 Å². The average Bonchev–Trinajstić information content (AvgIpc) is 3.25. The van der Waals surface area contributed by atoms with E-state index in [0.717, 1.165) is 28.6 Å². The fraction of sp³-hybridized carbons (Fsp3) is 0.350. The lowest BCUT2D eigenvalue weighted by Gasteiger charge is -2.25. The molecule has 1 aliphatic rings. The third-order valence-electron chi connectivity index (χ3n) is 4.73. The Kier molecular flexibility index (Phi) is 4.11. The second kappa shape index (κ2) is 6.44. The highest BCUT2D eigenvalue weighted by atomic mass is 16.4. The summed E-state index contributed by atoms with van der Waals surface area (Å²) in [5.74, 6) is 1.87. The number of carbonyl (C=O) groups excluding carboxylic acids is 1. The zero-order chi connectivity index (χ0) is 18.3. The van der Waals surface area contributed by atoms with Crippen LogP contribution in [0.15, 0.2) is 34.7 Å². The van der Waals surface area contributed by atoms with E-state index in [9.17, 15) is 4.79 Å². The van der Waals surface area contributed by atoms with Crippen molar-refractivity contribution in [1.29, 1.82) is 0 Å². The molecule has 0 unspecified atom stereocenters. The third-order valence-corrected chi connectivity index (χ3v) is 4.73. The van der Waals surface area contributed by atoms with Crippen molar-refractivity contribution < 1.29 is 9.21 Å². The molecule has 6 heteroatoms. The number of H-pyrrole nitrogens is 1. The van der Waals surface area contributed by atoms with Crippen molar-refractivity contribution in [2.75, 3.05) is 6.54 Å². The Labute approximate surface area is 152 Å². The Morgan fingerprint density at radius 2 is 2.04 bits per heavy atom. The molecule has 3 aromatic rings. The first-order chi connectivity index (χ1) is 12.5. The number of nitrogens with zero attached hydrogens (tertiary/aromatic N) is 3. The Balaban J connectivity index is 1.64. The lowest BCUT2D eigenvalue weighted by molar-refractivity contribution is 0.0728. The van der Waals surface area contributed by atoms with E-state index in [1.165, 1.54) is 0 Å². The molecule has 1 aliphatic heterocycles. The molecular formula is C20H22N4O2. The summed E-state index contributed by atoms with van der Waals surface area (Å²) in [6.45, 7) is 7.10. The van der Waals surface area contributed by atoms with Gasteiger partial charge in [-0.15, -0.1) is 0 Å². The van der Waals surface area contributed by atoms with Gasteiger partial charge in [-0.1, -0.05) is 44.2 Å². The van der Waals surface area contributed by atoms with Crippen LogP contribution >= 0.6 is 0 Å². The Morgan fingerprint density at radius 3 is 2.77 bits per heavy atom. The quantitative estimate of drug-likeness (QED) is 0.781. The number of nitrogens with one attached hydrogen (secondary N) is 1. The number of rotatable bonds is 3. The Bertz CT molecular complexity index is 940. The van der Waals surface area contributed by atoms with Crippen LogP contribution in [0.5, 0.6) is 0 Å². The Hall–Kier alpha value is -2.89. The summed E-state index contributed by atoms with van der Waals surface area (Å²) in [5, 5.41) is 7.33. The number of aromatic nitrogens is 3. The van der Waals surface area contributed by atoms with Gasteiger partial charge in [-0.2, -0.15) is 5.10 Å². The molecule has 0 spiro atoms. The van der Waals surface area contributed by atoms with Crippen LogP contribution in [-0.4, -0.2) is 32.5 Å². The number of aromatic amines is 1. The van der Waals surface area contributed by atoms with Gasteiger partial charge in [0.05, 0.1) is 12.1 Å².